The lowest BCUT2D eigenvalue weighted by Gasteiger charge is -2.19. The van der Waals surface area contributed by atoms with E-state index in [1.165, 1.54) is 21.8 Å². The Balaban J connectivity index is 2.11. The Morgan fingerprint density at radius 3 is 2.59 bits per heavy atom. The van der Waals surface area contributed by atoms with E-state index >= 15 is 0 Å². The molecule has 0 saturated carbocycles. The van der Waals surface area contributed by atoms with Crippen LogP contribution in [0.2, 0.25) is 0 Å². The summed E-state index contributed by atoms with van der Waals surface area (Å²) in [6.45, 7) is 0.414. The summed E-state index contributed by atoms with van der Waals surface area (Å²) in [4.78, 5) is 15.7. The maximum absolute atomic E-state index is 12.1. The van der Waals surface area contributed by atoms with Gasteiger partial charge in [-0.2, -0.15) is 0 Å². The van der Waals surface area contributed by atoms with Crippen LogP contribution >= 0.6 is 11.3 Å². The number of carbonyl (C=O) groups is 1. The second-order valence-corrected chi connectivity index (χ2v) is 5.29. The fourth-order valence-electron chi connectivity index (χ4n) is 2.15. The molecule has 1 aromatic rings. The first-order chi connectivity index (χ1) is 8.26. The smallest absolute Gasteiger partial charge is 0.264 e. The minimum absolute atomic E-state index is 0.0726. The van der Waals surface area contributed by atoms with Gasteiger partial charge in [0.15, 0.2) is 0 Å². The van der Waals surface area contributed by atoms with Crippen LogP contribution in [0.5, 0.6) is 0 Å². The molecular weight excluding hydrogens is 238 g/mol. The number of hydrogen-bond donors (Lipinski definition) is 2. The fourth-order valence-corrected chi connectivity index (χ4v) is 3.37. The average Bonchev–Trinajstić information content (AvgIpc) is 2.87. The van der Waals surface area contributed by atoms with Crippen molar-refractivity contribution in [1.29, 1.82) is 0 Å². The summed E-state index contributed by atoms with van der Waals surface area (Å²) in [7, 11) is 0. The Kier molecular flexibility index (Phi) is 4.15. The van der Waals surface area contributed by atoms with Crippen LogP contribution in [0.25, 0.3) is 0 Å². The van der Waals surface area contributed by atoms with Crippen LogP contribution < -0.4 is 0 Å². The molecule has 4 nitrogen and oxygen atoms in total. The standard InChI is InChI=1S/C12H17NO3S/c14-6-4-13(5-7-15)12(16)11-8-9-2-1-3-10(9)17-11/h8,14-15H,1-7H2. The molecule has 0 spiro atoms. The van der Waals surface area contributed by atoms with Crippen LogP contribution in [0, 0.1) is 0 Å². The van der Waals surface area contributed by atoms with Crippen LogP contribution in [0.1, 0.15) is 26.5 Å². The van der Waals surface area contributed by atoms with E-state index in [-0.39, 0.29) is 32.2 Å². The van der Waals surface area contributed by atoms with Gasteiger partial charge in [0.2, 0.25) is 0 Å². The van der Waals surface area contributed by atoms with Crippen molar-refractivity contribution in [3.8, 4) is 0 Å². The van der Waals surface area contributed by atoms with Gasteiger partial charge in [-0.3, -0.25) is 4.79 Å². The van der Waals surface area contributed by atoms with Crippen LogP contribution in [0.4, 0.5) is 0 Å². The minimum Gasteiger partial charge on any atom is -0.395 e. The molecule has 2 N–H and O–H groups in total. The monoisotopic (exact) mass is 255 g/mol. The van der Waals surface area contributed by atoms with Gasteiger partial charge in [0.05, 0.1) is 18.1 Å². The zero-order chi connectivity index (χ0) is 12.3. The summed E-state index contributed by atoms with van der Waals surface area (Å²) < 4.78 is 0. The quantitative estimate of drug-likeness (QED) is 0.812. The lowest BCUT2D eigenvalue weighted by atomic mass is 10.2. The normalized spacial score (nSPS) is 13.8. The molecule has 2 rings (SSSR count). The van der Waals surface area contributed by atoms with Crippen molar-refractivity contribution >= 4 is 17.2 Å². The number of aliphatic hydroxyl groups is 2. The predicted molar refractivity (Wildman–Crippen MR) is 66.4 cm³/mol. The molecule has 0 atom stereocenters. The first kappa shape index (κ1) is 12.5. The molecule has 0 unspecified atom stereocenters. The van der Waals surface area contributed by atoms with Crippen molar-refractivity contribution in [3.63, 3.8) is 0 Å². The van der Waals surface area contributed by atoms with Gasteiger partial charge >= 0.3 is 0 Å². The van der Waals surface area contributed by atoms with Crippen molar-refractivity contribution in [2.45, 2.75) is 19.3 Å². The number of nitrogens with zero attached hydrogens (tertiary/aromatic N) is 1. The number of thiophene rings is 1. The van der Waals surface area contributed by atoms with Crippen LogP contribution in [-0.2, 0) is 12.8 Å². The fraction of sp³-hybridized carbons (Fsp3) is 0.583. The van der Waals surface area contributed by atoms with E-state index < -0.39 is 0 Å². The van der Waals surface area contributed by atoms with Crippen molar-refractivity contribution in [2.24, 2.45) is 0 Å². The molecular formula is C12H17NO3S. The molecule has 1 amide bonds. The molecule has 0 aromatic carbocycles. The van der Waals surface area contributed by atoms with Gasteiger partial charge in [-0.05, 0) is 30.9 Å². The van der Waals surface area contributed by atoms with Crippen molar-refractivity contribution < 1.29 is 15.0 Å². The highest BCUT2D eigenvalue weighted by Crippen LogP contribution is 2.31. The second-order valence-electron chi connectivity index (χ2n) is 4.15. The molecule has 1 heterocycles. The molecule has 0 fully saturated rings. The van der Waals surface area contributed by atoms with Crippen LogP contribution in [-0.4, -0.2) is 47.3 Å². The van der Waals surface area contributed by atoms with Crippen LogP contribution in [0.3, 0.4) is 0 Å². The van der Waals surface area contributed by atoms with Gasteiger partial charge in [-0.25, -0.2) is 0 Å². The molecule has 0 saturated heterocycles. The first-order valence-electron chi connectivity index (χ1n) is 5.89. The van der Waals surface area contributed by atoms with Gasteiger partial charge in [-0.1, -0.05) is 0 Å². The third-order valence-electron chi connectivity index (χ3n) is 2.98. The number of aryl methyl sites for hydroxylation is 2. The molecule has 0 aliphatic heterocycles. The number of carbonyl (C=O) groups excluding carboxylic acids is 1. The first-order valence-corrected chi connectivity index (χ1v) is 6.70. The van der Waals surface area contributed by atoms with Gasteiger partial charge in [-0.15, -0.1) is 11.3 Å². The van der Waals surface area contributed by atoms with Crippen molar-refractivity contribution in [3.05, 3.63) is 21.4 Å². The average molecular weight is 255 g/mol. The van der Waals surface area contributed by atoms with E-state index in [1.807, 2.05) is 6.07 Å². The zero-order valence-corrected chi connectivity index (χ0v) is 10.5. The Morgan fingerprint density at radius 1 is 1.29 bits per heavy atom. The van der Waals surface area contributed by atoms with E-state index in [2.05, 4.69) is 0 Å². The Bertz CT molecular complexity index is 375. The van der Waals surface area contributed by atoms with Gasteiger partial charge < -0.3 is 15.1 Å². The summed E-state index contributed by atoms with van der Waals surface area (Å²) in [6.07, 6.45) is 3.33. The highest BCUT2D eigenvalue weighted by Gasteiger charge is 2.21. The van der Waals surface area contributed by atoms with E-state index in [0.29, 0.717) is 0 Å². The van der Waals surface area contributed by atoms with Gasteiger partial charge in [0.1, 0.15) is 0 Å². The maximum Gasteiger partial charge on any atom is 0.264 e. The van der Waals surface area contributed by atoms with Gasteiger partial charge in [0, 0.05) is 18.0 Å². The summed E-state index contributed by atoms with van der Waals surface area (Å²) in [6, 6.07) is 1.97. The summed E-state index contributed by atoms with van der Waals surface area (Å²) in [5, 5.41) is 17.8. The molecule has 94 valence electrons. The Hall–Kier alpha value is -0.910. The summed E-state index contributed by atoms with van der Waals surface area (Å²) in [5.74, 6) is -0.0764. The molecule has 5 heteroatoms. The molecule has 1 aromatic heterocycles. The van der Waals surface area contributed by atoms with E-state index in [9.17, 15) is 4.79 Å². The predicted octanol–water partition coefficient (Wildman–Crippen LogP) is 0.664. The molecule has 0 bridgehead atoms. The van der Waals surface area contributed by atoms with E-state index in [0.717, 1.165) is 17.7 Å². The third-order valence-corrected chi connectivity index (χ3v) is 4.21. The third kappa shape index (κ3) is 2.68. The number of rotatable bonds is 5. The molecule has 0 radical (unpaired) electrons. The lowest BCUT2D eigenvalue weighted by Crippen LogP contribution is -2.35. The Labute approximate surface area is 104 Å². The number of aliphatic hydroxyl groups excluding tert-OH is 2. The van der Waals surface area contributed by atoms with Crippen molar-refractivity contribution in [2.75, 3.05) is 26.3 Å². The minimum atomic E-state index is -0.0764. The SMILES string of the molecule is O=C(c1cc2c(s1)CCC2)N(CCO)CCO. The maximum atomic E-state index is 12.1. The van der Waals surface area contributed by atoms with E-state index in [4.69, 9.17) is 10.2 Å². The van der Waals surface area contributed by atoms with E-state index in [1.54, 1.807) is 11.3 Å². The second kappa shape index (κ2) is 5.62. The number of fused-ring (bicyclic) bond motifs is 1. The summed E-state index contributed by atoms with van der Waals surface area (Å²) >= 11 is 1.56. The molecule has 1 aliphatic rings. The highest BCUT2D eigenvalue weighted by molar-refractivity contribution is 7.14. The number of amides is 1. The largest absolute Gasteiger partial charge is 0.395 e. The summed E-state index contributed by atoms with van der Waals surface area (Å²) in [5.41, 5.74) is 1.30. The molecule has 17 heavy (non-hydrogen) atoms. The van der Waals surface area contributed by atoms with Crippen molar-refractivity contribution in [1.82, 2.24) is 4.90 Å². The zero-order valence-electron chi connectivity index (χ0n) is 9.69. The van der Waals surface area contributed by atoms with Gasteiger partial charge in [0.25, 0.3) is 5.91 Å². The number of hydrogen-bond acceptors (Lipinski definition) is 4. The lowest BCUT2D eigenvalue weighted by molar-refractivity contribution is 0.0689. The van der Waals surface area contributed by atoms with Crippen LogP contribution in [0.15, 0.2) is 6.07 Å². The topological polar surface area (TPSA) is 60.8 Å². The molecule has 1 aliphatic carbocycles. The Morgan fingerprint density at radius 2 is 2.00 bits per heavy atom. The highest BCUT2D eigenvalue weighted by atomic mass is 32.1.